The van der Waals surface area contributed by atoms with Crippen molar-refractivity contribution in [2.75, 3.05) is 0 Å². The van der Waals surface area contributed by atoms with Crippen LogP contribution in [0, 0.1) is 13.8 Å². The second-order valence-electron chi connectivity index (χ2n) is 6.82. The van der Waals surface area contributed by atoms with Crippen molar-refractivity contribution in [3.63, 3.8) is 0 Å². The molecule has 0 atom stereocenters. The maximum absolute atomic E-state index is 12.9. The molecule has 0 aliphatic heterocycles. The zero-order chi connectivity index (χ0) is 20.2. The number of carboxylic acid groups (broad SMARTS) is 1. The number of hydrogen-bond donors (Lipinski definition) is 1. The lowest BCUT2D eigenvalue weighted by atomic mass is 10.0. The predicted octanol–water partition coefficient (Wildman–Crippen LogP) is 6.12. The van der Waals surface area contributed by atoms with Crippen molar-refractivity contribution in [1.82, 2.24) is 4.57 Å². The van der Waals surface area contributed by atoms with Crippen LogP contribution in [0.2, 0.25) is 0 Å². The van der Waals surface area contributed by atoms with Gasteiger partial charge in [0.25, 0.3) is 0 Å². The van der Waals surface area contributed by atoms with Gasteiger partial charge in [-0.1, -0.05) is 6.07 Å². The Hall–Kier alpha value is -3.28. The van der Waals surface area contributed by atoms with Gasteiger partial charge in [-0.25, -0.2) is 4.79 Å². The molecule has 3 nitrogen and oxygen atoms in total. The van der Waals surface area contributed by atoms with Crippen LogP contribution in [0.25, 0.3) is 27.5 Å². The summed E-state index contributed by atoms with van der Waals surface area (Å²) in [5, 5.41) is 11.0. The highest BCUT2D eigenvalue weighted by Crippen LogP contribution is 2.36. The van der Waals surface area contributed by atoms with Crippen LogP contribution in [0.15, 0.2) is 54.6 Å². The number of halogens is 3. The summed E-state index contributed by atoms with van der Waals surface area (Å²) >= 11 is 0. The fraction of sp³-hybridized carbons (Fsp3) is 0.136. The van der Waals surface area contributed by atoms with Crippen LogP contribution in [0.4, 0.5) is 13.2 Å². The van der Waals surface area contributed by atoms with E-state index in [0.29, 0.717) is 5.69 Å². The van der Waals surface area contributed by atoms with Gasteiger partial charge in [-0.2, -0.15) is 13.2 Å². The van der Waals surface area contributed by atoms with Gasteiger partial charge in [0.05, 0.1) is 22.2 Å². The third-order valence-corrected chi connectivity index (χ3v) is 5.16. The number of hydrogen-bond acceptors (Lipinski definition) is 1. The smallest absolute Gasteiger partial charge is 0.416 e. The quantitative estimate of drug-likeness (QED) is 0.453. The number of aromatic nitrogens is 1. The number of aromatic carboxylic acids is 1. The van der Waals surface area contributed by atoms with Gasteiger partial charge >= 0.3 is 12.1 Å². The Morgan fingerprint density at radius 2 is 1.57 bits per heavy atom. The standard InChI is InChI=1S/C22H16F3NO2/c1-12-3-9-19-20(13(12)2)17-11-14(21(27)28)4-10-18(17)26(19)16-7-5-15(6-8-16)22(23,24)25/h3-11H,1-2H3,(H,27,28). The summed E-state index contributed by atoms with van der Waals surface area (Å²) < 4.78 is 40.6. The van der Waals surface area contributed by atoms with Crippen molar-refractivity contribution < 1.29 is 23.1 Å². The number of carbonyl (C=O) groups is 1. The molecule has 0 aliphatic rings. The Labute approximate surface area is 158 Å². The minimum absolute atomic E-state index is 0.167. The molecule has 4 rings (SSSR count). The first kappa shape index (κ1) is 18.1. The molecule has 0 bridgehead atoms. The molecular weight excluding hydrogens is 367 g/mol. The zero-order valence-corrected chi connectivity index (χ0v) is 15.1. The lowest BCUT2D eigenvalue weighted by Crippen LogP contribution is -2.05. The number of carboxylic acids is 1. The van der Waals surface area contributed by atoms with Crippen LogP contribution in [0.3, 0.4) is 0 Å². The molecule has 0 amide bonds. The molecule has 1 heterocycles. The molecule has 28 heavy (non-hydrogen) atoms. The summed E-state index contributed by atoms with van der Waals surface area (Å²) in [6, 6.07) is 13.7. The molecule has 4 aromatic rings. The van der Waals surface area contributed by atoms with E-state index in [-0.39, 0.29) is 5.56 Å². The summed E-state index contributed by atoms with van der Waals surface area (Å²) in [5.41, 5.74) is 3.67. The first-order chi connectivity index (χ1) is 13.2. The molecule has 0 unspecified atom stereocenters. The Morgan fingerprint density at radius 1 is 0.929 bits per heavy atom. The number of alkyl halides is 3. The minimum Gasteiger partial charge on any atom is -0.478 e. The van der Waals surface area contributed by atoms with E-state index < -0.39 is 17.7 Å². The van der Waals surface area contributed by atoms with E-state index in [1.807, 2.05) is 30.5 Å². The fourth-order valence-corrected chi connectivity index (χ4v) is 3.60. The second-order valence-corrected chi connectivity index (χ2v) is 6.82. The molecule has 3 aromatic carbocycles. The molecule has 0 saturated heterocycles. The molecule has 0 fully saturated rings. The van der Waals surface area contributed by atoms with Crippen molar-refractivity contribution in [1.29, 1.82) is 0 Å². The number of aryl methyl sites for hydroxylation is 2. The molecule has 1 N–H and O–H groups in total. The Morgan fingerprint density at radius 3 is 2.18 bits per heavy atom. The molecule has 0 aliphatic carbocycles. The van der Waals surface area contributed by atoms with Gasteiger partial charge in [0, 0.05) is 16.5 Å². The average molecular weight is 383 g/mol. The Balaban J connectivity index is 2.07. The molecule has 0 spiro atoms. The van der Waals surface area contributed by atoms with Gasteiger partial charge in [0.15, 0.2) is 0 Å². The molecule has 0 saturated carbocycles. The largest absolute Gasteiger partial charge is 0.478 e. The van der Waals surface area contributed by atoms with Crippen molar-refractivity contribution in [2.24, 2.45) is 0 Å². The topological polar surface area (TPSA) is 42.2 Å². The van der Waals surface area contributed by atoms with E-state index in [2.05, 4.69) is 0 Å². The van der Waals surface area contributed by atoms with Gasteiger partial charge < -0.3 is 9.67 Å². The number of nitrogens with zero attached hydrogens (tertiary/aromatic N) is 1. The number of rotatable bonds is 2. The molecule has 0 radical (unpaired) electrons. The highest BCUT2D eigenvalue weighted by Gasteiger charge is 2.30. The number of fused-ring (bicyclic) bond motifs is 3. The van der Waals surface area contributed by atoms with E-state index >= 15 is 0 Å². The SMILES string of the molecule is Cc1ccc2c(c1C)c1cc(C(=O)O)ccc1n2-c1ccc(C(F)(F)F)cc1. The maximum atomic E-state index is 12.9. The summed E-state index contributed by atoms with van der Waals surface area (Å²) in [6.07, 6.45) is -4.40. The van der Waals surface area contributed by atoms with Gasteiger partial charge in [-0.05, 0) is 73.5 Å². The van der Waals surface area contributed by atoms with Gasteiger partial charge in [0.1, 0.15) is 0 Å². The molecule has 1 aromatic heterocycles. The van der Waals surface area contributed by atoms with E-state index in [4.69, 9.17) is 0 Å². The Kier molecular flexibility index (Phi) is 3.96. The lowest BCUT2D eigenvalue weighted by Gasteiger charge is -2.11. The highest BCUT2D eigenvalue weighted by atomic mass is 19.4. The zero-order valence-electron chi connectivity index (χ0n) is 15.1. The van der Waals surface area contributed by atoms with E-state index in [9.17, 15) is 23.1 Å². The van der Waals surface area contributed by atoms with Crippen LogP contribution < -0.4 is 0 Å². The van der Waals surface area contributed by atoms with Crippen LogP contribution in [0.5, 0.6) is 0 Å². The molecular formula is C22H16F3NO2. The summed E-state index contributed by atoms with van der Waals surface area (Å²) in [7, 11) is 0. The first-order valence-electron chi connectivity index (χ1n) is 8.64. The average Bonchev–Trinajstić information content (AvgIpc) is 2.98. The highest BCUT2D eigenvalue weighted by molar-refractivity contribution is 6.12. The van der Waals surface area contributed by atoms with Gasteiger partial charge in [-0.3, -0.25) is 0 Å². The monoisotopic (exact) mass is 383 g/mol. The predicted molar refractivity (Wildman–Crippen MR) is 102 cm³/mol. The number of benzene rings is 3. The summed E-state index contributed by atoms with van der Waals surface area (Å²) in [6.45, 7) is 3.93. The fourth-order valence-electron chi connectivity index (χ4n) is 3.60. The molecule has 142 valence electrons. The lowest BCUT2D eigenvalue weighted by molar-refractivity contribution is -0.137. The normalized spacial score (nSPS) is 12.0. The second kappa shape index (κ2) is 6.12. The van der Waals surface area contributed by atoms with E-state index in [1.54, 1.807) is 12.1 Å². The van der Waals surface area contributed by atoms with E-state index in [1.165, 1.54) is 18.2 Å². The van der Waals surface area contributed by atoms with Crippen molar-refractivity contribution >= 4 is 27.8 Å². The third-order valence-electron chi connectivity index (χ3n) is 5.16. The Bertz CT molecular complexity index is 1240. The van der Waals surface area contributed by atoms with Gasteiger partial charge in [-0.15, -0.1) is 0 Å². The van der Waals surface area contributed by atoms with Crippen LogP contribution in [0.1, 0.15) is 27.0 Å². The van der Waals surface area contributed by atoms with Crippen LogP contribution >= 0.6 is 0 Å². The minimum atomic E-state index is -4.40. The van der Waals surface area contributed by atoms with Gasteiger partial charge in [0.2, 0.25) is 0 Å². The first-order valence-corrected chi connectivity index (χ1v) is 8.64. The molecule has 6 heteroatoms. The van der Waals surface area contributed by atoms with Crippen molar-refractivity contribution in [3.8, 4) is 5.69 Å². The van der Waals surface area contributed by atoms with Crippen molar-refractivity contribution in [3.05, 3.63) is 76.9 Å². The maximum Gasteiger partial charge on any atom is 0.416 e. The van der Waals surface area contributed by atoms with Crippen LogP contribution in [-0.2, 0) is 6.18 Å². The van der Waals surface area contributed by atoms with E-state index in [0.717, 1.165) is 45.1 Å². The van der Waals surface area contributed by atoms with Crippen LogP contribution in [-0.4, -0.2) is 15.6 Å². The third kappa shape index (κ3) is 2.72. The summed E-state index contributed by atoms with van der Waals surface area (Å²) in [4.78, 5) is 11.4. The van der Waals surface area contributed by atoms with Crippen molar-refractivity contribution in [2.45, 2.75) is 20.0 Å². The summed E-state index contributed by atoms with van der Waals surface area (Å²) in [5.74, 6) is -1.03.